The lowest BCUT2D eigenvalue weighted by Crippen LogP contribution is -2.60. The van der Waals surface area contributed by atoms with Crippen molar-refractivity contribution in [3.05, 3.63) is 83.2 Å². The van der Waals surface area contributed by atoms with Gasteiger partial charge in [-0.1, -0.05) is 81.9 Å². The van der Waals surface area contributed by atoms with Crippen molar-refractivity contribution in [2.75, 3.05) is 27.3 Å². The van der Waals surface area contributed by atoms with Gasteiger partial charge in [-0.05, 0) is 144 Å². The van der Waals surface area contributed by atoms with Crippen molar-refractivity contribution in [2.24, 2.45) is 41.2 Å². The van der Waals surface area contributed by atoms with E-state index in [1.807, 2.05) is 64.1 Å². The van der Waals surface area contributed by atoms with Crippen LogP contribution in [0, 0.1) is 41.3 Å². The zero-order valence-corrected chi connectivity index (χ0v) is 44.2. The molecule has 2 bridgehead atoms. The van der Waals surface area contributed by atoms with Gasteiger partial charge in [0.2, 0.25) is 5.79 Å². The second-order valence-electron chi connectivity index (χ2n) is 21.6. The fourth-order valence-corrected chi connectivity index (χ4v) is 11.2. The summed E-state index contributed by atoms with van der Waals surface area (Å²) in [5.41, 5.74) is 8.95. The number of benzene rings is 1. The highest BCUT2D eigenvalue weighted by atomic mass is 19.1. The Hall–Kier alpha value is -3.93. The van der Waals surface area contributed by atoms with Gasteiger partial charge in [-0.2, -0.15) is 0 Å². The number of nitrogens with one attached hydrogen (secondary N) is 1. The molecule has 0 aromatic heterocycles. The number of aliphatic hydroxyl groups excluding tert-OH is 2. The first-order valence-electron chi connectivity index (χ1n) is 26.6. The maximum atomic E-state index is 14.5. The van der Waals surface area contributed by atoms with Crippen LogP contribution in [0.5, 0.6) is 0 Å². The fraction of sp³-hybridized carbons (Fsp3) is 0.684. The number of hydrogen-bond acceptors (Lipinski definition) is 13. The Morgan fingerprint density at radius 2 is 1.68 bits per heavy atom. The molecule has 6 N–H and O–H groups in total. The number of allylic oxidation sites excluding steroid dienone is 5. The number of amides is 1. The number of carbonyl (C=O) groups excluding carboxylic acids is 4. The highest BCUT2D eigenvalue weighted by Gasteiger charge is 2.53. The second-order valence-corrected chi connectivity index (χ2v) is 21.6. The molecule has 15 atom stereocenters. The van der Waals surface area contributed by atoms with Gasteiger partial charge in [-0.25, -0.2) is 9.18 Å². The summed E-state index contributed by atoms with van der Waals surface area (Å²) >= 11 is 0. The summed E-state index contributed by atoms with van der Waals surface area (Å²) in [6, 6.07) is 4.71. The molecule has 1 saturated carbocycles. The molecule has 2 saturated heterocycles. The largest absolute Gasteiger partial charge is 0.461 e. The minimum Gasteiger partial charge on any atom is -0.461 e. The van der Waals surface area contributed by atoms with E-state index in [0.29, 0.717) is 89.3 Å². The van der Waals surface area contributed by atoms with E-state index >= 15 is 0 Å². The predicted molar refractivity (Wildman–Crippen MR) is 274 cm³/mol. The maximum Gasteiger partial charge on any atom is 0.329 e. The number of ether oxygens (including phenoxy) is 4. The average molecular weight is 1010 g/mol. The van der Waals surface area contributed by atoms with Crippen LogP contribution in [0.3, 0.4) is 0 Å². The number of nitrogens with zero attached hydrogens (tertiary/aromatic N) is 1. The number of carbonyl (C=O) groups is 4. The number of halogens is 1. The van der Waals surface area contributed by atoms with Gasteiger partial charge in [-0.3, -0.25) is 14.4 Å². The van der Waals surface area contributed by atoms with Gasteiger partial charge in [0.05, 0.1) is 18.3 Å². The smallest absolute Gasteiger partial charge is 0.329 e. The van der Waals surface area contributed by atoms with Crippen molar-refractivity contribution >= 4 is 23.4 Å². The number of fused-ring (bicyclic) bond motifs is 3. The first-order chi connectivity index (χ1) is 34.3. The second kappa shape index (κ2) is 28.1. The van der Waals surface area contributed by atoms with Crippen LogP contribution in [0.2, 0.25) is 0 Å². The Labute approximate surface area is 428 Å². The Bertz CT molecular complexity index is 2080. The van der Waals surface area contributed by atoms with E-state index < -0.39 is 77.9 Å². The predicted octanol–water partition coefficient (Wildman–Crippen LogP) is 7.22. The number of piperidine rings is 1. The zero-order chi connectivity index (χ0) is 52.7. The van der Waals surface area contributed by atoms with Gasteiger partial charge < -0.3 is 50.2 Å². The highest BCUT2D eigenvalue weighted by Crippen LogP contribution is 2.38. The van der Waals surface area contributed by atoms with E-state index in [9.17, 15) is 38.9 Å². The van der Waals surface area contributed by atoms with E-state index in [2.05, 4.69) is 5.32 Å². The molecular formula is C57H86FN3O11. The summed E-state index contributed by atoms with van der Waals surface area (Å²) in [4.78, 5) is 58.4. The van der Waals surface area contributed by atoms with Crippen LogP contribution in [0.25, 0.3) is 0 Å². The van der Waals surface area contributed by atoms with Crippen LogP contribution >= 0.6 is 0 Å². The molecule has 3 heterocycles. The lowest BCUT2D eigenvalue weighted by molar-refractivity contribution is -0.264. The van der Waals surface area contributed by atoms with Gasteiger partial charge in [0.25, 0.3) is 11.7 Å². The monoisotopic (exact) mass is 1010 g/mol. The number of cyclic esters (lactones) is 1. The fourth-order valence-electron chi connectivity index (χ4n) is 11.2. The number of esters is 1. The molecule has 14 nitrogen and oxygen atoms in total. The van der Waals surface area contributed by atoms with E-state index in [4.69, 9.17) is 24.7 Å². The van der Waals surface area contributed by atoms with Crippen LogP contribution in [-0.2, 0) is 44.7 Å². The Kier molecular flexibility index (Phi) is 23.0. The lowest BCUT2D eigenvalue weighted by atomic mass is 9.78. The molecule has 0 spiro atoms. The summed E-state index contributed by atoms with van der Waals surface area (Å²) in [5.74, 6) is -6.99. The van der Waals surface area contributed by atoms with Crippen molar-refractivity contribution in [1.29, 1.82) is 0 Å². The van der Waals surface area contributed by atoms with Crippen molar-refractivity contribution in [3.8, 4) is 0 Å². The number of rotatable bonds is 9. The molecule has 72 heavy (non-hydrogen) atoms. The molecule has 5 rings (SSSR count). The van der Waals surface area contributed by atoms with Gasteiger partial charge in [0, 0.05) is 51.7 Å². The standard InChI is InChI=1S/C57H86FN3O11/c1-35-15-10-9-11-16-36(2)43(34-60-33-42-17-14-18-44(58)30-42)32-46-23-20-40(6)57(68,72-46)54(65)55(66)61-26-13-12-19-47(61)56(67)71-49(37(3)28-41-21-24-48(62)50(31-41)69-7)25-22-45(59)29-39(5)52(64)53(70-8)51(63)38(4)27-35/h9-11,14-18,29-30,35,37-38,40-41,43,45-50,52-53,60,62,64,68H,12-13,19-28,31-34,59H2,1-8H3/b11-9+,15-10+,36-16+,39-29+/t35-,37-,38?,40?,41?,43?,45+,46+,47?,48-,49+,50?,52?,53+,57?/m1/s1. The molecule has 1 amide bonds. The molecule has 3 aliphatic heterocycles. The number of ketones is 2. The SMILES string of the molecule is COC1CC(C[C@@H](C)[C@@H]2CC[C@H](N)/C=C(\C)C(O)[C@@H](OC)C(=O)C(C)C[C@H](C)/C=C/C=C/C=C(\C)C(CNCc3cccc(F)c3)C[C@@H]3CCC(C)C(O)(O3)C(=O)C(=O)N3CCCCC3C(=O)O2)CC[C@H]1O. The molecule has 1 aromatic rings. The molecule has 8 unspecified atom stereocenters. The third-order valence-electron chi connectivity index (χ3n) is 15.8. The minimum absolute atomic E-state index is 0.0182. The topological polar surface area (TPSA) is 207 Å². The third-order valence-corrected chi connectivity index (χ3v) is 15.8. The highest BCUT2D eigenvalue weighted by molar-refractivity contribution is 6.39. The van der Waals surface area contributed by atoms with E-state index in [1.54, 1.807) is 33.1 Å². The number of hydrogen-bond donors (Lipinski definition) is 5. The number of nitrogens with two attached hydrogens (primary N) is 1. The summed E-state index contributed by atoms with van der Waals surface area (Å²) in [7, 11) is 3.00. The normalized spacial score (nSPS) is 37.6. The zero-order valence-electron chi connectivity index (χ0n) is 44.2. The van der Waals surface area contributed by atoms with Crippen molar-refractivity contribution in [2.45, 2.75) is 186 Å². The first kappa shape index (κ1) is 59.0. The molecular weight excluding hydrogens is 922 g/mol. The van der Waals surface area contributed by atoms with E-state index in [-0.39, 0.29) is 54.3 Å². The molecule has 3 fully saturated rings. The van der Waals surface area contributed by atoms with Crippen molar-refractivity contribution in [3.63, 3.8) is 0 Å². The lowest BCUT2D eigenvalue weighted by Gasteiger charge is -2.43. The first-order valence-corrected chi connectivity index (χ1v) is 26.6. The van der Waals surface area contributed by atoms with Crippen molar-refractivity contribution < 1.29 is 57.8 Å². The number of methoxy groups -OCH3 is 2. The third kappa shape index (κ3) is 16.3. The van der Waals surface area contributed by atoms with Crippen LogP contribution in [-0.4, -0.2) is 125 Å². The van der Waals surface area contributed by atoms with Crippen LogP contribution in [0.4, 0.5) is 4.39 Å². The minimum atomic E-state index is -2.43. The quantitative estimate of drug-likeness (QED) is 0.0942. The summed E-state index contributed by atoms with van der Waals surface area (Å²) < 4.78 is 38.0. The van der Waals surface area contributed by atoms with Gasteiger partial charge in [0.1, 0.15) is 30.2 Å². The molecule has 1 aliphatic carbocycles. The molecule has 4 aliphatic rings. The Balaban J connectivity index is 1.46. The Morgan fingerprint density at radius 1 is 0.917 bits per heavy atom. The Morgan fingerprint density at radius 3 is 2.40 bits per heavy atom. The van der Waals surface area contributed by atoms with Crippen molar-refractivity contribution in [1.82, 2.24) is 10.2 Å². The molecule has 0 radical (unpaired) electrons. The molecule has 402 valence electrons. The molecule has 15 heteroatoms. The van der Waals surface area contributed by atoms with Crippen LogP contribution in [0.15, 0.2) is 71.9 Å². The van der Waals surface area contributed by atoms with E-state index in [1.165, 1.54) is 24.1 Å². The summed E-state index contributed by atoms with van der Waals surface area (Å²) in [5, 5.41) is 37.6. The number of aliphatic hydroxyl groups is 3. The molecule has 1 aromatic carbocycles. The summed E-state index contributed by atoms with van der Waals surface area (Å²) in [6.45, 7) is 12.3. The van der Waals surface area contributed by atoms with Crippen LogP contribution < -0.4 is 11.1 Å². The van der Waals surface area contributed by atoms with Gasteiger partial charge in [0.15, 0.2) is 5.78 Å². The number of Topliss-reactive ketones (excluding diaryl/α,β-unsaturated/α-hetero) is 2. The van der Waals surface area contributed by atoms with Crippen LogP contribution in [0.1, 0.15) is 131 Å². The van der Waals surface area contributed by atoms with E-state index in [0.717, 1.165) is 17.6 Å². The summed E-state index contributed by atoms with van der Waals surface area (Å²) in [6.07, 6.45) is 13.7. The average Bonchev–Trinajstić information content (AvgIpc) is 3.35. The van der Waals surface area contributed by atoms with Gasteiger partial charge in [-0.15, -0.1) is 0 Å². The maximum absolute atomic E-state index is 14.5. The van der Waals surface area contributed by atoms with Gasteiger partial charge >= 0.3 is 5.97 Å².